The van der Waals surface area contributed by atoms with Crippen molar-refractivity contribution in [1.82, 2.24) is 4.98 Å². The topological polar surface area (TPSA) is 25.2 Å². The molecular weight excluding hydrogens is 264 g/mol. The van der Waals surface area contributed by atoms with E-state index in [2.05, 4.69) is 32.8 Å². The molecule has 1 heterocycles. The van der Waals surface area contributed by atoms with Crippen molar-refractivity contribution in [2.24, 2.45) is 4.99 Å². The Kier molecular flexibility index (Phi) is 3.47. The Balaban J connectivity index is 2.18. The van der Waals surface area contributed by atoms with Crippen molar-refractivity contribution in [2.75, 3.05) is 0 Å². The molecule has 0 unspecified atom stereocenters. The Bertz CT molecular complexity index is 504. The van der Waals surface area contributed by atoms with E-state index in [0.717, 1.165) is 16.0 Å². The summed E-state index contributed by atoms with van der Waals surface area (Å²) in [7, 11) is 0. The highest BCUT2D eigenvalue weighted by atomic mass is 79.9. The summed E-state index contributed by atoms with van der Waals surface area (Å²) >= 11 is 3.33. The summed E-state index contributed by atoms with van der Waals surface area (Å²) in [5, 5.41) is 0. The molecule has 0 spiro atoms. The van der Waals surface area contributed by atoms with Gasteiger partial charge in [0.05, 0.1) is 17.6 Å². The average molecular weight is 275 g/mol. The number of rotatable bonds is 2. The van der Waals surface area contributed by atoms with Crippen LogP contribution >= 0.6 is 15.9 Å². The van der Waals surface area contributed by atoms with E-state index in [-0.39, 0.29) is 0 Å². The van der Waals surface area contributed by atoms with Gasteiger partial charge in [0.2, 0.25) is 0 Å². The van der Waals surface area contributed by atoms with Crippen LogP contribution in [0.5, 0.6) is 0 Å². The van der Waals surface area contributed by atoms with Crippen LogP contribution in [0.1, 0.15) is 11.3 Å². The normalized spacial score (nSPS) is 10.9. The molecule has 0 fully saturated rings. The van der Waals surface area contributed by atoms with Crippen LogP contribution in [0.4, 0.5) is 5.69 Å². The molecule has 0 bridgehead atoms. The van der Waals surface area contributed by atoms with Crippen LogP contribution in [0, 0.1) is 6.92 Å². The molecule has 3 heteroatoms. The van der Waals surface area contributed by atoms with Crippen molar-refractivity contribution >= 4 is 27.8 Å². The summed E-state index contributed by atoms with van der Waals surface area (Å²) in [6, 6.07) is 13.8. The highest BCUT2D eigenvalue weighted by Crippen LogP contribution is 2.12. The predicted octanol–water partition coefficient (Wildman–Crippen LogP) is 3.90. The minimum atomic E-state index is 0.820. The molecule has 0 aliphatic heterocycles. The number of aryl methyl sites for hydroxylation is 1. The van der Waals surface area contributed by atoms with Gasteiger partial charge in [-0.2, -0.15) is 0 Å². The van der Waals surface area contributed by atoms with E-state index < -0.39 is 0 Å². The van der Waals surface area contributed by atoms with Crippen molar-refractivity contribution in [1.29, 1.82) is 0 Å². The second-order valence-electron chi connectivity index (χ2n) is 3.48. The minimum Gasteiger partial charge on any atom is -0.255 e. The third-order valence-corrected chi connectivity index (χ3v) is 2.56. The van der Waals surface area contributed by atoms with Gasteiger partial charge in [0, 0.05) is 0 Å². The zero-order valence-corrected chi connectivity index (χ0v) is 10.5. The number of aliphatic imine (C=N–C) groups is 1. The first-order chi connectivity index (χ1) is 7.74. The molecule has 2 nitrogen and oxygen atoms in total. The van der Waals surface area contributed by atoms with Gasteiger partial charge in [-0.15, -0.1) is 0 Å². The van der Waals surface area contributed by atoms with Crippen LogP contribution in [0.3, 0.4) is 0 Å². The smallest absolute Gasteiger partial charge is 0.106 e. The molecular formula is C13H11BrN2. The fraction of sp³-hybridized carbons (Fsp3) is 0.0769. The molecule has 0 amide bonds. The number of halogens is 1. The summed E-state index contributed by atoms with van der Waals surface area (Å²) in [6.07, 6.45) is 1.76. The second kappa shape index (κ2) is 5.03. The lowest BCUT2D eigenvalue weighted by Gasteiger charge is -1.95. The first-order valence-corrected chi connectivity index (χ1v) is 5.77. The Labute approximate surface area is 103 Å². The molecule has 2 aromatic rings. The number of pyridine rings is 1. The fourth-order valence-corrected chi connectivity index (χ4v) is 1.62. The number of aromatic nitrogens is 1. The standard InChI is InChI=1S/C13H11BrN2/c1-10-5-7-11(8-6-10)15-9-12-3-2-4-13(14)16-12/h2-9H,1H3. The van der Waals surface area contributed by atoms with Gasteiger partial charge in [-0.25, -0.2) is 4.98 Å². The van der Waals surface area contributed by atoms with Crippen molar-refractivity contribution in [3.8, 4) is 0 Å². The van der Waals surface area contributed by atoms with Gasteiger partial charge in [-0.05, 0) is 47.1 Å². The average Bonchev–Trinajstić information content (AvgIpc) is 2.28. The van der Waals surface area contributed by atoms with Gasteiger partial charge in [0.15, 0.2) is 0 Å². The van der Waals surface area contributed by atoms with Crippen LogP contribution in [0.2, 0.25) is 0 Å². The molecule has 0 atom stereocenters. The molecule has 0 aliphatic carbocycles. The quantitative estimate of drug-likeness (QED) is 0.602. The van der Waals surface area contributed by atoms with E-state index in [4.69, 9.17) is 0 Å². The third-order valence-electron chi connectivity index (χ3n) is 2.12. The maximum absolute atomic E-state index is 4.35. The summed E-state index contributed by atoms with van der Waals surface area (Å²) in [5.74, 6) is 0. The molecule has 0 saturated heterocycles. The summed E-state index contributed by atoms with van der Waals surface area (Å²) in [5.41, 5.74) is 3.02. The van der Waals surface area contributed by atoms with Crippen LogP contribution in [0.15, 0.2) is 52.1 Å². The molecule has 0 radical (unpaired) electrons. The summed E-state index contributed by atoms with van der Waals surface area (Å²) in [6.45, 7) is 2.06. The number of hydrogen-bond donors (Lipinski definition) is 0. The van der Waals surface area contributed by atoms with Crippen molar-refractivity contribution in [3.63, 3.8) is 0 Å². The molecule has 80 valence electrons. The lowest BCUT2D eigenvalue weighted by molar-refractivity contribution is 1.25. The number of nitrogens with zero attached hydrogens (tertiary/aromatic N) is 2. The van der Waals surface area contributed by atoms with Crippen LogP contribution in [-0.4, -0.2) is 11.2 Å². The summed E-state index contributed by atoms with van der Waals surface area (Å²) < 4.78 is 0.820. The molecule has 0 saturated carbocycles. The molecule has 0 N–H and O–H groups in total. The van der Waals surface area contributed by atoms with E-state index in [9.17, 15) is 0 Å². The van der Waals surface area contributed by atoms with Gasteiger partial charge >= 0.3 is 0 Å². The Hall–Kier alpha value is -1.48. The van der Waals surface area contributed by atoms with E-state index in [0.29, 0.717) is 0 Å². The highest BCUT2D eigenvalue weighted by molar-refractivity contribution is 9.10. The zero-order valence-electron chi connectivity index (χ0n) is 8.89. The van der Waals surface area contributed by atoms with Gasteiger partial charge in [-0.1, -0.05) is 23.8 Å². The Morgan fingerprint density at radius 2 is 1.88 bits per heavy atom. The van der Waals surface area contributed by atoms with Crippen LogP contribution in [-0.2, 0) is 0 Å². The lowest BCUT2D eigenvalue weighted by atomic mass is 10.2. The molecule has 2 rings (SSSR count). The second-order valence-corrected chi connectivity index (χ2v) is 4.29. The lowest BCUT2D eigenvalue weighted by Crippen LogP contribution is -1.86. The first kappa shape index (κ1) is 11.0. The van der Waals surface area contributed by atoms with E-state index in [1.807, 2.05) is 42.5 Å². The van der Waals surface area contributed by atoms with E-state index >= 15 is 0 Å². The molecule has 1 aromatic heterocycles. The van der Waals surface area contributed by atoms with Crippen molar-refractivity contribution < 1.29 is 0 Å². The third kappa shape index (κ3) is 3.00. The van der Waals surface area contributed by atoms with Gasteiger partial charge in [-0.3, -0.25) is 4.99 Å². The Morgan fingerprint density at radius 1 is 1.12 bits per heavy atom. The van der Waals surface area contributed by atoms with E-state index in [1.165, 1.54) is 5.56 Å². The largest absolute Gasteiger partial charge is 0.255 e. The van der Waals surface area contributed by atoms with Gasteiger partial charge < -0.3 is 0 Å². The predicted molar refractivity (Wildman–Crippen MR) is 70.4 cm³/mol. The SMILES string of the molecule is Cc1ccc(N=Cc2cccc(Br)n2)cc1. The molecule has 0 aliphatic rings. The van der Waals surface area contributed by atoms with Crippen LogP contribution in [0.25, 0.3) is 0 Å². The minimum absolute atomic E-state index is 0.820. The maximum atomic E-state index is 4.35. The molecule has 16 heavy (non-hydrogen) atoms. The van der Waals surface area contributed by atoms with Gasteiger partial charge in [0.25, 0.3) is 0 Å². The van der Waals surface area contributed by atoms with Crippen LogP contribution < -0.4 is 0 Å². The van der Waals surface area contributed by atoms with Gasteiger partial charge in [0.1, 0.15) is 4.60 Å². The monoisotopic (exact) mass is 274 g/mol. The summed E-state index contributed by atoms with van der Waals surface area (Å²) in [4.78, 5) is 8.62. The number of benzene rings is 1. The first-order valence-electron chi connectivity index (χ1n) is 4.97. The van der Waals surface area contributed by atoms with E-state index in [1.54, 1.807) is 6.21 Å². The Morgan fingerprint density at radius 3 is 2.56 bits per heavy atom. The van der Waals surface area contributed by atoms with Crippen molar-refractivity contribution in [3.05, 3.63) is 58.3 Å². The highest BCUT2D eigenvalue weighted by Gasteiger charge is 1.91. The molecule has 1 aromatic carbocycles. The number of hydrogen-bond acceptors (Lipinski definition) is 2. The maximum Gasteiger partial charge on any atom is 0.106 e. The van der Waals surface area contributed by atoms with Crippen molar-refractivity contribution in [2.45, 2.75) is 6.92 Å². The fourth-order valence-electron chi connectivity index (χ4n) is 1.27. The zero-order chi connectivity index (χ0) is 11.4.